The molecule has 5 nitrogen and oxygen atoms in total. The van der Waals surface area contributed by atoms with E-state index < -0.39 is 20.7 Å². The Kier molecular flexibility index (Phi) is 4.44. The SMILES string of the molecule is Nc1cc(Br)c(F)c(S(=O)(=O)NC2CCOCC2)c1. The molecule has 1 aliphatic heterocycles. The normalized spacial score (nSPS) is 17.6. The number of nitrogens with one attached hydrogen (secondary N) is 1. The van der Waals surface area contributed by atoms with Crippen molar-refractivity contribution in [3.8, 4) is 0 Å². The maximum absolute atomic E-state index is 13.9. The highest BCUT2D eigenvalue weighted by Crippen LogP contribution is 2.26. The summed E-state index contributed by atoms with van der Waals surface area (Å²) in [6, 6.07) is 2.20. The van der Waals surface area contributed by atoms with Gasteiger partial charge in [0.25, 0.3) is 0 Å². The van der Waals surface area contributed by atoms with Gasteiger partial charge in [0.15, 0.2) is 5.82 Å². The number of benzene rings is 1. The molecule has 0 radical (unpaired) electrons. The molecule has 0 aromatic heterocycles. The molecule has 0 amide bonds. The van der Waals surface area contributed by atoms with Crippen LogP contribution in [0.4, 0.5) is 10.1 Å². The molecular formula is C11H14BrFN2O3S. The molecule has 1 heterocycles. The highest BCUT2D eigenvalue weighted by atomic mass is 79.9. The number of ether oxygens (including phenoxy) is 1. The standard InChI is InChI=1S/C11H14BrFN2O3S/c12-9-5-7(14)6-10(11(9)13)19(16,17)15-8-1-3-18-4-2-8/h5-6,8,15H,1-4,14H2. The van der Waals surface area contributed by atoms with Crippen molar-refractivity contribution in [1.82, 2.24) is 4.72 Å². The molecule has 1 saturated heterocycles. The summed E-state index contributed by atoms with van der Waals surface area (Å²) in [5.41, 5.74) is 5.73. The maximum Gasteiger partial charge on any atom is 0.243 e. The molecule has 1 aromatic rings. The first-order chi connectivity index (χ1) is 8.90. The zero-order valence-corrected chi connectivity index (χ0v) is 12.4. The fourth-order valence-electron chi connectivity index (χ4n) is 1.88. The molecule has 1 aliphatic rings. The second kappa shape index (κ2) is 5.74. The number of hydrogen-bond donors (Lipinski definition) is 2. The monoisotopic (exact) mass is 352 g/mol. The predicted octanol–water partition coefficient (Wildman–Crippen LogP) is 1.63. The van der Waals surface area contributed by atoms with Gasteiger partial charge in [-0.2, -0.15) is 0 Å². The van der Waals surface area contributed by atoms with Gasteiger partial charge in [0.05, 0.1) is 4.47 Å². The molecule has 0 spiro atoms. The van der Waals surface area contributed by atoms with E-state index in [1.165, 1.54) is 6.07 Å². The van der Waals surface area contributed by atoms with Gasteiger partial charge in [-0.15, -0.1) is 0 Å². The van der Waals surface area contributed by atoms with Crippen molar-refractivity contribution in [3.63, 3.8) is 0 Å². The third-order valence-corrected chi connectivity index (χ3v) is 4.95. The van der Waals surface area contributed by atoms with E-state index >= 15 is 0 Å². The van der Waals surface area contributed by atoms with E-state index in [9.17, 15) is 12.8 Å². The molecule has 0 bridgehead atoms. The summed E-state index contributed by atoms with van der Waals surface area (Å²) in [6.07, 6.45) is 1.15. The van der Waals surface area contributed by atoms with Crippen LogP contribution in [0.1, 0.15) is 12.8 Å². The average molecular weight is 353 g/mol. The molecule has 106 valence electrons. The van der Waals surface area contributed by atoms with E-state index in [1.807, 2.05) is 0 Å². The molecule has 0 atom stereocenters. The minimum absolute atomic E-state index is 0.0276. The van der Waals surface area contributed by atoms with Crippen molar-refractivity contribution in [2.45, 2.75) is 23.8 Å². The van der Waals surface area contributed by atoms with Crippen LogP contribution in [-0.2, 0) is 14.8 Å². The molecule has 0 saturated carbocycles. The summed E-state index contributed by atoms with van der Waals surface area (Å²) in [5, 5.41) is 0. The Morgan fingerprint density at radius 1 is 1.37 bits per heavy atom. The van der Waals surface area contributed by atoms with Crippen LogP contribution >= 0.6 is 15.9 Å². The summed E-state index contributed by atoms with van der Waals surface area (Å²) >= 11 is 2.95. The molecule has 1 fully saturated rings. The molecular weight excluding hydrogens is 339 g/mol. The van der Waals surface area contributed by atoms with Crippen LogP contribution < -0.4 is 10.5 Å². The van der Waals surface area contributed by atoms with E-state index in [1.54, 1.807) is 0 Å². The first-order valence-corrected chi connectivity index (χ1v) is 8.02. The second-order valence-corrected chi connectivity index (χ2v) is 6.86. The van der Waals surface area contributed by atoms with Crippen LogP contribution in [-0.4, -0.2) is 27.7 Å². The molecule has 8 heteroatoms. The second-order valence-electron chi connectivity index (χ2n) is 4.32. The highest BCUT2D eigenvalue weighted by molar-refractivity contribution is 9.10. The van der Waals surface area contributed by atoms with Crippen molar-refractivity contribution in [3.05, 3.63) is 22.4 Å². The lowest BCUT2D eigenvalue weighted by molar-refractivity contribution is 0.0832. The van der Waals surface area contributed by atoms with Gasteiger partial charge in [0.2, 0.25) is 10.0 Å². The Morgan fingerprint density at radius 3 is 2.63 bits per heavy atom. The Balaban J connectivity index is 2.28. The summed E-state index contributed by atoms with van der Waals surface area (Å²) in [7, 11) is -3.93. The number of rotatable bonds is 3. The topological polar surface area (TPSA) is 81.4 Å². The quantitative estimate of drug-likeness (QED) is 0.810. The lowest BCUT2D eigenvalue weighted by Crippen LogP contribution is -2.39. The third kappa shape index (κ3) is 3.44. The fraction of sp³-hybridized carbons (Fsp3) is 0.455. The average Bonchev–Trinajstić information content (AvgIpc) is 2.34. The van der Waals surface area contributed by atoms with Gasteiger partial charge in [-0.05, 0) is 40.9 Å². The van der Waals surface area contributed by atoms with Gasteiger partial charge in [0, 0.05) is 24.9 Å². The first-order valence-electron chi connectivity index (χ1n) is 5.75. The van der Waals surface area contributed by atoms with E-state index in [2.05, 4.69) is 20.7 Å². The number of anilines is 1. The summed E-state index contributed by atoms with van der Waals surface area (Å²) in [5.74, 6) is -0.839. The molecule has 2 rings (SSSR count). The van der Waals surface area contributed by atoms with Crippen LogP contribution in [0.3, 0.4) is 0 Å². The Morgan fingerprint density at radius 2 is 2.00 bits per heavy atom. The Labute approximate surface area is 119 Å². The lowest BCUT2D eigenvalue weighted by atomic mass is 10.1. The van der Waals surface area contributed by atoms with Crippen molar-refractivity contribution in [2.24, 2.45) is 0 Å². The number of nitrogens with two attached hydrogens (primary N) is 1. The Bertz CT molecular complexity index is 574. The van der Waals surface area contributed by atoms with Crippen LogP contribution in [0, 0.1) is 5.82 Å². The minimum Gasteiger partial charge on any atom is -0.399 e. The molecule has 1 aromatic carbocycles. The third-order valence-electron chi connectivity index (χ3n) is 2.85. The Hall–Kier alpha value is -0.700. The summed E-state index contributed by atoms with van der Waals surface area (Å²) < 4.78 is 45.9. The van der Waals surface area contributed by atoms with E-state index in [-0.39, 0.29) is 16.2 Å². The van der Waals surface area contributed by atoms with Crippen LogP contribution in [0.2, 0.25) is 0 Å². The van der Waals surface area contributed by atoms with E-state index in [4.69, 9.17) is 10.5 Å². The largest absolute Gasteiger partial charge is 0.399 e. The van der Waals surface area contributed by atoms with Crippen molar-refractivity contribution >= 4 is 31.6 Å². The van der Waals surface area contributed by atoms with E-state index in [0.717, 1.165) is 6.07 Å². The van der Waals surface area contributed by atoms with Gasteiger partial charge >= 0.3 is 0 Å². The summed E-state index contributed by atoms with van der Waals surface area (Å²) in [4.78, 5) is -0.439. The van der Waals surface area contributed by atoms with Crippen molar-refractivity contribution in [1.29, 1.82) is 0 Å². The van der Waals surface area contributed by atoms with Gasteiger partial charge in [-0.1, -0.05) is 0 Å². The van der Waals surface area contributed by atoms with Gasteiger partial charge in [-0.25, -0.2) is 17.5 Å². The van der Waals surface area contributed by atoms with Crippen molar-refractivity contribution in [2.75, 3.05) is 18.9 Å². The summed E-state index contributed by atoms with van der Waals surface area (Å²) in [6.45, 7) is 0.993. The number of halogens is 2. The fourth-order valence-corrected chi connectivity index (χ4v) is 3.93. The highest BCUT2D eigenvalue weighted by Gasteiger charge is 2.26. The molecule has 3 N–H and O–H groups in total. The number of sulfonamides is 1. The lowest BCUT2D eigenvalue weighted by Gasteiger charge is -2.23. The number of nitrogen functional groups attached to an aromatic ring is 1. The number of hydrogen-bond acceptors (Lipinski definition) is 4. The predicted molar refractivity (Wildman–Crippen MR) is 72.7 cm³/mol. The van der Waals surface area contributed by atoms with Crippen LogP contribution in [0.25, 0.3) is 0 Å². The molecule has 19 heavy (non-hydrogen) atoms. The molecule has 0 aliphatic carbocycles. The molecule has 0 unspecified atom stereocenters. The van der Waals surface area contributed by atoms with Gasteiger partial charge in [-0.3, -0.25) is 0 Å². The van der Waals surface area contributed by atoms with Crippen LogP contribution in [0.5, 0.6) is 0 Å². The minimum atomic E-state index is -3.93. The zero-order chi connectivity index (χ0) is 14.0. The van der Waals surface area contributed by atoms with Gasteiger partial charge < -0.3 is 10.5 Å². The maximum atomic E-state index is 13.9. The van der Waals surface area contributed by atoms with Crippen molar-refractivity contribution < 1.29 is 17.5 Å². The van der Waals surface area contributed by atoms with Gasteiger partial charge in [0.1, 0.15) is 4.90 Å². The van der Waals surface area contributed by atoms with Crippen LogP contribution in [0.15, 0.2) is 21.5 Å². The zero-order valence-electron chi connectivity index (χ0n) is 10.0. The first kappa shape index (κ1) is 14.7. The smallest absolute Gasteiger partial charge is 0.243 e. The van der Waals surface area contributed by atoms with E-state index in [0.29, 0.717) is 26.1 Å².